The Kier molecular flexibility index (Phi) is 5.49. The van der Waals surface area contributed by atoms with Crippen LogP contribution in [0.15, 0.2) is 53.5 Å². The van der Waals surface area contributed by atoms with Crippen LogP contribution in [0.2, 0.25) is 5.02 Å². The van der Waals surface area contributed by atoms with Crippen LogP contribution in [0, 0.1) is 6.92 Å². The van der Waals surface area contributed by atoms with Crippen LogP contribution in [0.4, 0.5) is 0 Å². The molecule has 0 saturated heterocycles. The number of fused-ring (bicyclic) bond motifs is 3. The lowest BCUT2D eigenvalue weighted by Gasteiger charge is -2.10. The van der Waals surface area contributed by atoms with Gasteiger partial charge in [-0.15, -0.1) is 0 Å². The Morgan fingerprint density at radius 1 is 1.19 bits per heavy atom. The van der Waals surface area contributed by atoms with E-state index in [-0.39, 0.29) is 5.56 Å². The van der Waals surface area contributed by atoms with Crippen molar-refractivity contribution < 1.29 is 4.74 Å². The molecule has 3 aromatic heterocycles. The predicted molar refractivity (Wildman–Crippen MR) is 127 cm³/mol. The van der Waals surface area contributed by atoms with Crippen molar-refractivity contribution in [2.45, 2.75) is 32.9 Å². The van der Waals surface area contributed by atoms with Gasteiger partial charge in [-0.3, -0.25) is 9.36 Å². The van der Waals surface area contributed by atoms with Gasteiger partial charge in [0, 0.05) is 47.5 Å². The van der Waals surface area contributed by atoms with Crippen molar-refractivity contribution in [2.75, 3.05) is 6.54 Å². The summed E-state index contributed by atoms with van der Waals surface area (Å²) in [6.07, 6.45) is 3.85. The monoisotopic (exact) mass is 448 g/mol. The highest BCUT2D eigenvalue weighted by Crippen LogP contribution is 2.27. The standard InChI is InChI=1S/C25H25ClN4O2/c1-16-5-6-17(21(26)12-16)15-32-18-9-11-30(24(31)13-18)23-8-7-19-20-14-27-10-3-4-22(20)29(2)25(19)28-23/h5-9,11-13,27H,3-4,10,14-15H2,1-2H3. The van der Waals surface area contributed by atoms with E-state index in [4.69, 9.17) is 21.3 Å². The first-order valence-electron chi connectivity index (χ1n) is 10.8. The van der Waals surface area contributed by atoms with E-state index in [1.54, 1.807) is 16.8 Å². The minimum absolute atomic E-state index is 0.193. The Balaban J connectivity index is 1.42. The summed E-state index contributed by atoms with van der Waals surface area (Å²) < 4.78 is 9.52. The molecule has 5 rings (SSSR count). The SMILES string of the molecule is Cc1ccc(COc2ccn(-c3ccc4c5c(n(C)c4n3)CCCNC5)c(=O)c2)c(Cl)c1. The number of aromatic nitrogens is 3. The van der Waals surface area contributed by atoms with Gasteiger partial charge in [0.25, 0.3) is 5.56 Å². The second kappa shape index (κ2) is 8.45. The van der Waals surface area contributed by atoms with Crippen LogP contribution in [-0.2, 0) is 26.6 Å². The van der Waals surface area contributed by atoms with E-state index in [1.807, 2.05) is 31.2 Å². The summed E-state index contributed by atoms with van der Waals surface area (Å²) in [7, 11) is 2.05. The number of benzene rings is 1. The highest BCUT2D eigenvalue weighted by Gasteiger charge is 2.18. The van der Waals surface area contributed by atoms with E-state index in [1.165, 1.54) is 17.3 Å². The molecule has 0 saturated carbocycles. The molecule has 0 fully saturated rings. The zero-order valence-electron chi connectivity index (χ0n) is 18.2. The molecule has 7 heteroatoms. The number of nitrogens with one attached hydrogen (secondary N) is 1. The third-order valence-electron chi connectivity index (χ3n) is 6.07. The molecule has 0 radical (unpaired) electrons. The maximum absolute atomic E-state index is 12.8. The molecule has 32 heavy (non-hydrogen) atoms. The van der Waals surface area contributed by atoms with Gasteiger partial charge in [0.2, 0.25) is 0 Å². The Labute approximate surface area is 191 Å². The normalized spacial score (nSPS) is 13.7. The van der Waals surface area contributed by atoms with Crippen LogP contribution < -0.4 is 15.6 Å². The quantitative estimate of drug-likeness (QED) is 0.505. The Morgan fingerprint density at radius 3 is 2.88 bits per heavy atom. The van der Waals surface area contributed by atoms with Crippen LogP contribution in [-0.4, -0.2) is 20.7 Å². The summed E-state index contributed by atoms with van der Waals surface area (Å²) in [6.45, 7) is 4.17. The molecule has 1 aliphatic heterocycles. The number of ether oxygens (including phenoxy) is 1. The first kappa shape index (κ1) is 20.8. The highest BCUT2D eigenvalue weighted by atomic mass is 35.5. The van der Waals surface area contributed by atoms with Crippen LogP contribution in [0.1, 0.15) is 28.8 Å². The van der Waals surface area contributed by atoms with E-state index in [0.29, 0.717) is 23.2 Å². The van der Waals surface area contributed by atoms with Crippen LogP contribution in [0.25, 0.3) is 16.9 Å². The number of hydrogen-bond donors (Lipinski definition) is 1. The summed E-state index contributed by atoms with van der Waals surface area (Å²) in [6, 6.07) is 13.1. The maximum atomic E-state index is 12.8. The third-order valence-corrected chi connectivity index (χ3v) is 6.42. The molecule has 1 aliphatic rings. The molecule has 0 bridgehead atoms. The van der Waals surface area contributed by atoms with Crippen LogP contribution >= 0.6 is 11.6 Å². The molecule has 4 heterocycles. The molecule has 164 valence electrons. The molecule has 1 aromatic carbocycles. The fraction of sp³-hybridized carbons (Fsp3) is 0.280. The van der Waals surface area contributed by atoms with Crippen molar-refractivity contribution in [1.82, 2.24) is 19.4 Å². The van der Waals surface area contributed by atoms with E-state index < -0.39 is 0 Å². The molecule has 0 unspecified atom stereocenters. The molecule has 0 atom stereocenters. The lowest BCUT2D eigenvalue weighted by atomic mass is 10.1. The Hall–Kier alpha value is -3.09. The molecular formula is C25H25ClN4O2. The molecule has 0 amide bonds. The lowest BCUT2D eigenvalue weighted by Crippen LogP contribution is -2.18. The fourth-order valence-corrected chi connectivity index (χ4v) is 4.62. The minimum Gasteiger partial charge on any atom is -0.489 e. The lowest BCUT2D eigenvalue weighted by molar-refractivity contribution is 0.305. The van der Waals surface area contributed by atoms with Gasteiger partial charge in [-0.05, 0) is 61.7 Å². The van der Waals surface area contributed by atoms with Crippen LogP contribution in [0.5, 0.6) is 5.75 Å². The van der Waals surface area contributed by atoms with Crippen molar-refractivity contribution >= 4 is 22.6 Å². The van der Waals surface area contributed by atoms with Gasteiger partial charge in [-0.1, -0.05) is 23.7 Å². The summed E-state index contributed by atoms with van der Waals surface area (Å²) in [4.78, 5) is 17.6. The molecule has 6 nitrogen and oxygen atoms in total. The first-order chi connectivity index (χ1) is 15.5. The number of nitrogens with zero attached hydrogens (tertiary/aromatic N) is 3. The van der Waals surface area contributed by atoms with E-state index in [2.05, 4.69) is 23.0 Å². The first-order valence-corrected chi connectivity index (χ1v) is 11.2. The van der Waals surface area contributed by atoms with Crippen molar-refractivity contribution in [1.29, 1.82) is 0 Å². The van der Waals surface area contributed by atoms with Crippen molar-refractivity contribution in [3.8, 4) is 11.6 Å². The van der Waals surface area contributed by atoms with Gasteiger partial charge < -0.3 is 14.6 Å². The minimum atomic E-state index is -0.193. The number of pyridine rings is 2. The van der Waals surface area contributed by atoms with E-state index >= 15 is 0 Å². The van der Waals surface area contributed by atoms with Gasteiger partial charge in [-0.2, -0.15) is 0 Å². The maximum Gasteiger partial charge on any atom is 0.259 e. The van der Waals surface area contributed by atoms with Crippen molar-refractivity contribution in [2.24, 2.45) is 7.05 Å². The molecule has 0 spiro atoms. The number of aryl methyl sites for hydroxylation is 2. The topological polar surface area (TPSA) is 61.1 Å². The van der Waals surface area contributed by atoms with Crippen molar-refractivity contribution in [3.05, 3.63) is 86.4 Å². The third kappa shape index (κ3) is 3.80. The van der Waals surface area contributed by atoms with E-state index in [9.17, 15) is 4.79 Å². The summed E-state index contributed by atoms with van der Waals surface area (Å²) in [5.41, 5.74) is 5.31. The number of halogens is 1. The predicted octanol–water partition coefficient (Wildman–Crippen LogP) is 4.30. The van der Waals surface area contributed by atoms with Crippen LogP contribution in [0.3, 0.4) is 0 Å². The fourth-order valence-electron chi connectivity index (χ4n) is 4.33. The molecule has 0 aliphatic carbocycles. The second-order valence-corrected chi connectivity index (χ2v) is 8.67. The zero-order chi connectivity index (χ0) is 22.2. The highest BCUT2D eigenvalue weighted by molar-refractivity contribution is 6.31. The Morgan fingerprint density at radius 2 is 2.06 bits per heavy atom. The summed E-state index contributed by atoms with van der Waals surface area (Å²) >= 11 is 6.28. The molecular weight excluding hydrogens is 424 g/mol. The van der Waals surface area contributed by atoms with Gasteiger partial charge >= 0.3 is 0 Å². The zero-order valence-corrected chi connectivity index (χ0v) is 18.9. The largest absolute Gasteiger partial charge is 0.489 e. The average Bonchev–Trinajstić information content (AvgIpc) is 2.93. The van der Waals surface area contributed by atoms with Gasteiger partial charge in [0.05, 0.1) is 0 Å². The molecule has 1 N–H and O–H groups in total. The molecule has 4 aromatic rings. The Bertz CT molecular complexity index is 1370. The summed E-state index contributed by atoms with van der Waals surface area (Å²) in [5, 5.41) is 5.28. The number of rotatable bonds is 4. The number of hydrogen-bond acceptors (Lipinski definition) is 4. The van der Waals surface area contributed by atoms with E-state index in [0.717, 1.165) is 48.1 Å². The van der Waals surface area contributed by atoms with Gasteiger partial charge in [0.1, 0.15) is 23.8 Å². The average molecular weight is 449 g/mol. The van der Waals surface area contributed by atoms with Gasteiger partial charge in [-0.25, -0.2) is 4.98 Å². The van der Waals surface area contributed by atoms with Crippen molar-refractivity contribution in [3.63, 3.8) is 0 Å². The van der Waals surface area contributed by atoms with Gasteiger partial charge in [0.15, 0.2) is 0 Å². The smallest absolute Gasteiger partial charge is 0.259 e. The summed E-state index contributed by atoms with van der Waals surface area (Å²) in [5.74, 6) is 1.10. The second-order valence-electron chi connectivity index (χ2n) is 8.26.